The monoisotopic (exact) mass is 565 g/mol. The van der Waals surface area contributed by atoms with Crippen LogP contribution in [-0.2, 0) is 11.3 Å². The van der Waals surface area contributed by atoms with Gasteiger partial charge in [0, 0.05) is 30.5 Å². The molecule has 0 spiro atoms. The van der Waals surface area contributed by atoms with E-state index < -0.39 is 5.97 Å². The van der Waals surface area contributed by atoms with Gasteiger partial charge in [0.15, 0.2) is 5.65 Å². The molecule has 42 heavy (non-hydrogen) atoms. The van der Waals surface area contributed by atoms with Crippen molar-refractivity contribution in [2.75, 3.05) is 24.9 Å². The van der Waals surface area contributed by atoms with Crippen LogP contribution >= 0.6 is 0 Å². The number of benzene rings is 1. The van der Waals surface area contributed by atoms with Crippen molar-refractivity contribution >= 4 is 28.9 Å². The largest absolute Gasteiger partial charge is 0.497 e. The van der Waals surface area contributed by atoms with Crippen LogP contribution in [0.2, 0.25) is 0 Å². The molecule has 2 N–H and O–H groups in total. The fourth-order valence-corrected chi connectivity index (χ4v) is 5.31. The molecule has 0 radical (unpaired) electrons. The van der Waals surface area contributed by atoms with E-state index in [1.807, 2.05) is 30.3 Å². The first-order chi connectivity index (χ1) is 20.5. The van der Waals surface area contributed by atoms with E-state index in [0.29, 0.717) is 12.2 Å². The number of nitrogens with one attached hydrogen (secondary N) is 2. The summed E-state index contributed by atoms with van der Waals surface area (Å²) in [6.07, 6.45) is 7.71. The van der Waals surface area contributed by atoms with E-state index in [9.17, 15) is 9.59 Å². The number of nitrogens with zero attached hydrogens (tertiary/aromatic N) is 5. The van der Waals surface area contributed by atoms with Crippen molar-refractivity contribution in [2.24, 2.45) is 0 Å². The van der Waals surface area contributed by atoms with Crippen LogP contribution in [0.4, 0.5) is 11.8 Å². The highest BCUT2D eigenvalue weighted by Gasteiger charge is 2.26. The summed E-state index contributed by atoms with van der Waals surface area (Å²) in [6.45, 7) is 0.635. The van der Waals surface area contributed by atoms with Gasteiger partial charge in [0.1, 0.15) is 17.1 Å². The summed E-state index contributed by atoms with van der Waals surface area (Å²) in [4.78, 5) is 38.3. The van der Waals surface area contributed by atoms with Gasteiger partial charge in [-0.15, -0.1) is 0 Å². The third-order valence-corrected chi connectivity index (χ3v) is 7.48. The van der Waals surface area contributed by atoms with Gasteiger partial charge < -0.3 is 20.1 Å². The molecule has 5 aromatic rings. The van der Waals surface area contributed by atoms with Crippen LogP contribution in [0.5, 0.6) is 5.75 Å². The number of carbonyl (C=O) groups excluding carboxylic acids is 1. The first-order valence-electron chi connectivity index (χ1n) is 13.8. The second kappa shape index (κ2) is 11.7. The zero-order valence-corrected chi connectivity index (χ0v) is 23.4. The molecule has 1 aromatic carbocycles. The molecule has 6 rings (SSSR count). The SMILES string of the molecule is COC(=O)c1ccc(=O)n(-c2ccc(N[C@H]3CC[C@H](Nc4nc5cccnc5n4Cc4ccc(OC)cc4)C3)nc2)c1. The molecule has 0 bridgehead atoms. The molecule has 2 atom stereocenters. The molecule has 0 aliphatic heterocycles. The van der Waals surface area contributed by atoms with Gasteiger partial charge in [0.05, 0.1) is 38.2 Å². The number of aromatic nitrogens is 5. The van der Waals surface area contributed by atoms with E-state index in [1.165, 1.54) is 30.0 Å². The number of anilines is 2. The maximum atomic E-state index is 12.4. The van der Waals surface area contributed by atoms with Crippen LogP contribution in [0.15, 0.2) is 84.0 Å². The highest BCUT2D eigenvalue weighted by molar-refractivity contribution is 5.88. The summed E-state index contributed by atoms with van der Waals surface area (Å²) in [7, 11) is 2.97. The van der Waals surface area contributed by atoms with Gasteiger partial charge in [-0.1, -0.05) is 12.1 Å². The number of carbonyl (C=O) groups is 1. The molecule has 11 heteroatoms. The number of hydrogen-bond donors (Lipinski definition) is 2. The predicted octanol–water partition coefficient (Wildman–Crippen LogP) is 4.27. The topological polar surface area (TPSA) is 125 Å². The van der Waals surface area contributed by atoms with Crippen molar-refractivity contribution in [3.05, 3.63) is 101 Å². The van der Waals surface area contributed by atoms with Gasteiger partial charge in [-0.2, -0.15) is 0 Å². The van der Waals surface area contributed by atoms with Crippen LogP contribution in [0.25, 0.3) is 16.9 Å². The quantitative estimate of drug-likeness (QED) is 0.252. The van der Waals surface area contributed by atoms with Gasteiger partial charge >= 0.3 is 5.97 Å². The average molecular weight is 566 g/mol. The minimum atomic E-state index is -0.507. The third-order valence-electron chi connectivity index (χ3n) is 7.48. The summed E-state index contributed by atoms with van der Waals surface area (Å²) in [5, 5.41) is 7.18. The zero-order valence-electron chi connectivity index (χ0n) is 23.4. The number of methoxy groups -OCH3 is 2. The average Bonchev–Trinajstić information content (AvgIpc) is 3.61. The second-order valence-electron chi connectivity index (χ2n) is 10.2. The normalized spacial score (nSPS) is 16.3. The highest BCUT2D eigenvalue weighted by atomic mass is 16.5. The van der Waals surface area contributed by atoms with Crippen molar-refractivity contribution in [3.63, 3.8) is 0 Å². The van der Waals surface area contributed by atoms with E-state index in [2.05, 4.69) is 37.3 Å². The van der Waals surface area contributed by atoms with E-state index in [4.69, 9.17) is 14.5 Å². The number of esters is 1. The second-order valence-corrected chi connectivity index (χ2v) is 10.2. The molecule has 1 fully saturated rings. The van der Waals surface area contributed by atoms with Gasteiger partial charge in [-0.05, 0) is 67.3 Å². The fraction of sp³-hybridized carbons (Fsp3) is 0.258. The molecule has 1 aliphatic rings. The maximum absolute atomic E-state index is 12.4. The summed E-state index contributed by atoms with van der Waals surface area (Å²) in [5.74, 6) is 1.83. The van der Waals surface area contributed by atoms with E-state index in [0.717, 1.165) is 53.5 Å². The van der Waals surface area contributed by atoms with E-state index in [1.54, 1.807) is 25.6 Å². The Balaban J connectivity index is 1.13. The Kier molecular flexibility index (Phi) is 7.54. The minimum absolute atomic E-state index is 0.226. The molecule has 0 unspecified atom stereocenters. The molecule has 0 amide bonds. The van der Waals surface area contributed by atoms with Crippen LogP contribution < -0.4 is 20.9 Å². The Morgan fingerprint density at radius 2 is 1.79 bits per heavy atom. The lowest BCUT2D eigenvalue weighted by Crippen LogP contribution is -2.23. The van der Waals surface area contributed by atoms with Crippen LogP contribution in [-0.4, -0.2) is 56.4 Å². The smallest absolute Gasteiger partial charge is 0.339 e. The lowest BCUT2D eigenvalue weighted by atomic mass is 10.2. The molecule has 1 saturated carbocycles. The van der Waals surface area contributed by atoms with Crippen LogP contribution in [0.3, 0.4) is 0 Å². The summed E-state index contributed by atoms with van der Waals surface area (Å²) < 4.78 is 13.6. The standard InChI is InChI=1S/C31H31N7O4/c1-41-25-11-5-20(6-12-25)18-38-29-26(4-3-15-32-29)36-31(38)35-23-9-8-22(16-23)34-27-13-10-24(17-33-27)37-19-21(30(40)42-2)7-14-28(37)39/h3-7,10-15,17,19,22-23H,8-9,16,18H2,1-2H3,(H,33,34)(H,35,36)/t22-,23-/m0/s1. The number of rotatable bonds is 9. The van der Waals surface area contributed by atoms with Crippen molar-refractivity contribution in [1.82, 2.24) is 24.1 Å². The van der Waals surface area contributed by atoms with Crippen molar-refractivity contribution in [1.29, 1.82) is 0 Å². The zero-order chi connectivity index (χ0) is 29.1. The Morgan fingerprint density at radius 1 is 0.976 bits per heavy atom. The lowest BCUT2D eigenvalue weighted by Gasteiger charge is -2.17. The molecule has 4 heterocycles. The molecular weight excluding hydrogens is 534 g/mol. The number of ether oxygens (including phenoxy) is 2. The molecule has 0 saturated heterocycles. The molecule has 11 nitrogen and oxygen atoms in total. The maximum Gasteiger partial charge on any atom is 0.339 e. The Hall–Kier alpha value is -5.19. The minimum Gasteiger partial charge on any atom is -0.497 e. The fourth-order valence-electron chi connectivity index (χ4n) is 5.31. The van der Waals surface area contributed by atoms with Crippen LogP contribution in [0.1, 0.15) is 35.2 Å². The number of hydrogen-bond acceptors (Lipinski definition) is 9. The van der Waals surface area contributed by atoms with Crippen LogP contribution in [0, 0.1) is 0 Å². The molecular formula is C31H31N7O4. The van der Waals surface area contributed by atoms with Gasteiger partial charge in [-0.25, -0.2) is 19.7 Å². The molecule has 4 aromatic heterocycles. The number of fused-ring (bicyclic) bond motifs is 1. The summed E-state index contributed by atoms with van der Waals surface area (Å²) in [6, 6.07) is 18.8. The van der Waals surface area contributed by atoms with Gasteiger partial charge in [0.2, 0.25) is 5.95 Å². The Morgan fingerprint density at radius 3 is 2.52 bits per heavy atom. The highest BCUT2D eigenvalue weighted by Crippen LogP contribution is 2.28. The predicted molar refractivity (Wildman–Crippen MR) is 159 cm³/mol. The van der Waals surface area contributed by atoms with Crippen molar-refractivity contribution < 1.29 is 14.3 Å². The van der Waals surface area contributed by atoms with Gasteiger partial charge in [-0.3, -0.25) is 13.9 Å². The first kappa shape index (κ1) is 27.0. The summed E-state index contributed by atoms with van der Waals surface area (Å²) in [5.41, 5.74) is 3.40. The van der Waals surface area contributed by atoms with Crippen molar-refractivity contribution in [2.45, 2.75) is 37.9 Å². The molecule has 214 valence electrons. The van der Waals surface area contributed by atoms with E-state index in [-0.39, 0.29) is 23.2 Å². The third kappa shape index (κ3) is 5.67. The Labute approximate surface area is 242 Å². The first-order valence-corrected chi connectivity index (χ1v) is 13.8. The molecule has 1 aliphatic carbocycles. The van der Waals surface area contributed by atoms with Gasteiger partial charge in [0.25, 0.3) is 5.56 Å². The van der Waals surface area contributed by atoms with Crippen molar-refractivity contribution in [3.8, 4) is 11.4 Å². The Bertz CT molecular complexity index is 1760. The summed E-state index contributed by atoms with van der Waals surface area (Å²) >= 11 is 0. The lowest BCUT2D eigenvalue weighted by molar-refractivity contribution is 0.0600. The van der Waals surface area contributed by atoms with E-state index >= 15 is 0 Å². The number of pyridine rings is 3. The number of imidazole rings is 1.